The van der Waals surface area contributed by atoms with Crippen molar-refractivity contribution >= 4 is 17.4 Å². The minimum Gasteiger partial charge on any atom is -0.354 e. The molecule has 3 aliphatic rings. The van der Waals surface area contributed by atoms with E-state index >= 15 is 0 Å². The van der Waals surface area contributed by atoms with Crippen LogP contribution in [0, 0.1) is 11.8 Å². The molecule has 5 heterocycles. The Morgan fingerprint density at radius 1 is 1.17 bits per heavy atom. The number of halogens is 3. The number of amides is 1. The Morgan fingerprint density at radius 3 is 2.72 bits per heavy atom. The van der Waals surface area contributed by atoms with Crippen LogP contribution in [0.15, 0.2) is 12.3 Å². The lowest BCUT2D eigenvalue weighted by Gasteiger charge is -2.42. The van der Waals surface area contributed by atoms with E-state index in [0.717, 1.165) is 48.7 Å². The van der Waals surface area contributed by atoms with Crippen LogP contribution in [0.5, 0.6) is 0 Å². The average Bonchev–Trinajstić information content (AvgIpc) is 3.25. The molecule has 7 nitrogen and oxygen atoms in total. The first-order chi connectivity index (χ1) is 13.9. The summed E-state index contributed by atoms with van der Waals surface area (Å²) in [6.07, 6.45) is -0.832. The van der Waals surface area contributed by atoms with Gasteiger partial charge in [0, 0.05) is 50.8 Å². The minimum atomic E-state index is -4.23. The molecule has 0 aromatic carbocycles. The highest BCUT2D eigenvalue weighted by molar-refractivity contribution is 5.82. The van der Waals surface area contributed by atoms with Crippen LogP contribution in [-0.2, 0) is 17.6 Å². The summed E-state index contributed by atoms with van der Waals surface area (Å²) in [7, 11) is 0. The lowest BCUT2D eigenvalue weighted by atomic mass is 9.96. The molecule has 2 saturated heterocycles. The van der Waals surface area contributed by atoms with Gasteiger partial charge in [0.2, 0.25) is 5.91 Å². The predicted molar refractivity (Wildman–Crippen MR) is 99.7 cm³/mol. The molecule has 0 radical (unpaired) electrons. The molecule has 5 rings (SSSR count). The SMILES string of the molecule is O=C(C1CN(c2c3c(nc4ccnn24)CCNCC3)C1)N1CCC(C(F)(F)F)C1. The zero-order valence-electron chi connectivity index (χ0n) is 16.0. The third-order valence-corrected chi connectivity index (χ3v) is 6.27. The van der Waals surface area contributed by atoms with E-state index in [1.807, 2.05) is 10.6 Å². The van der Waals surface area contributed by atoms with Crippen LogP contribution in [0.3, 0.4) is 0 Å². The number of hydrogen-bond acceptors (Lipinski definition) is 5. The Balaban J connectivity index is 1.34. The number of likely N-dealkylation sites (tertiary alicyclic amines) is 1. The number of carbonyl (C=O) groups is 1. The number of fused-ring (bicyclic) bond motifs is 2. The molecule has 10 heteroatoms. The summed E-state index contributed by atoms with van der Waals surface area (Å²) >= 11 is 0. The van der Waals surface area contributed by atoms with E-state index in [1.54, 1.807) is 6.20 Å². The molecule has 0 spiro atoms. The third kappa shape index (κ3) is 3.23. The normalized spacial score (nSPS) is 23.2. The van der Waals surface area contributed by atoms with Gasteiger partial charge in [0.1, 0.15) is 5.82 Å². The van der Waals surface area contributed by atoms with Crippen LogP contribution in [0.4, 0.5) is 19.0 Å². The molecule has 1 atom stereocenters. The molecule has 29 heavy (non-hydrogen) atoms. The third-order valence-electron chi connectivity index (χ3n) is 6.27. The minimum absolute atomic E-state index is 0.00441. The van der Waals surface area contributed by atoms with E-state index < -0.39 is 12.1 Å². The first kappa shape index (κ1) is 18.7. The predicted octanol–water partition coefficient (Wildman–Crippen LogP) is 1.26. The quantitative estimate of drug-likeness (QED) is 0.811. The highest BCUT2D eigenvalue weighted by atomic mass is 19.4. The zero-order valence-corrected chi connectivity index (χ0v) is 16.0. The Hall–Kier alpha value is -2.36. The fourth-order valence-electron chi connectivity index (χ4n) is 4.63. The van der Waals surface area contributed by atoms with E-state index in [2.05, 4.69) is 15.3 Å². The lowest BCUT2D eigenvalue weighted by Crippen LogP contribution is -2.55. The van der Waals surface area contributed by atoms with Crippen molar-refractivity contribution in [1.29, 1.82) is 0 Å². The fourth-order valence-corrected chi connectivity index (χ4v) is 4.63. The topological polar surface area (TPSA) is 65.8 Å². The van der Waals surface area contributed by atoms with Crippen molar-refractivity contribution in [3.63, 3.8) is 0 Å². The number of nitrogens with zero attached hydrogens (tertiary/aromatic N) is 5. The molecule has 1 amide bonds. The van der Waals surface area contributed by atoms with Gasteiger partial charge in [0.05, 0.1) is 23.7 Å². The standard InChI is InChI=1S/C19H23F3N6O/c20-19(21,22)13-4-8-26(11-13)18(29)12-9-27(10-12)17-14-1-5-23-6-2-15(14)25-16-3-7-24-28(16)17/h3,7,12-13,23H,1-2,4-6,8-11H2. The molecular weight excluding hydrogens is 385 g/mol. The second-order valence-electron chi connectivity index (χ2n) is 8.13. The first-order valence-electron chi connectivity index (χ1n) is 10.1. The van der Waals surface area contributed by atoms with Crippen molar-refractivity contribution < 1.29 is 18.0 Å². The van der Waals surface area contributed by atoms with E-state index in [4.69, 9.17) is 4.98 Å². The Kier molecular flexibility index (Phi) is 4.41. The molecule has 2 aromatic heterocycles. The molecule has 156 valence electrons. The fraction of sp³-hybridized carbons (Fsp3) is 0.632. The number of nitrogens with one attached hydrogen (secondary N) is 1. The first-order valence-corrected chi connectivity index (χ1v) is 10.1. The molecular formula is C19H23F3N6O. The van der Waals surface area contributed by atoms with Crippen molar-refractivity contribution in [3.05, 3.63) is 23.5 Å². The smallest absolute Gasteiger partial charge is 0.354 e. The van der Waals surface area contributed by atoms with Gasteiger partial charge in [-0.2, -0.15) is 22.8 Å². The maximum absolute atomic E-state index is 12.9. The summed E-state index contributed by atoms with van der Waals surface area (Å²) in [6, 6.07) is 1.87. The number of carbonyl (C=O) groups excluding carboxylic acids is 1. The maximum atomic E-state index is 12.9. The molecule has 1 N–H and O–H groups in total. The van der Waals surface area contributed by atoms with Gasteiger partial charge < -0.3 is 15.1 Å². The van der Waals surface area contributed by atoms with E-state index in [-0.39, 0.29) is 31.3 Å². The van der Waals surface area contributed by atoms with Crippen LogP contribution in [-0.4, -0.2) is 70.8 Å². The Bertz CT molecular complexity index is 936. The molecule has 0 saturated carbocycles. The Morgan fingerprint density at radius 2 is 1.97 bits per heavy atom. The van der Waals surface area contributed by atoms with Gasteiger partial charge in [-0.25, -0.2) is 4.98 Å². The highest BCUT2D eigenvalue weighted by Crippen LogP contribution is 2.36. The largest absolute Gasteiger partial charge is 0.393 e. The van der Waals surface area contributed by atoms with Gasteiger partial charge in [0.15, 0.2) is 5.65 Å². The molecule has 1 unspecified atom stereocenters. The van der Waals surface area contributed by atoms with Gasteiger partial charge in [-0.05, 0) is 19.4 Å². The zero-order chi connectivity index (χ0) is 20.2. The summed E-state index contributed by atoms with van der Waals surface area (Å²) in [5, 5.41) is 7.80. The molecule has 0 bridgehead atoms. The average molecular weight is 408 g/mol. The van der Waals surface area contributed by atoms with E-state index in [0.29, 0.717) is 13.1 Å². The number of anilines is 1. The second-order valence-corrected chi connectivity index (χ2v) is 8.13. The van der Waals surface area contributed by atoms with Crippen molar-refractivity contribution in [2.24, 2.45) is 11.8 Å². The molecule has 2 fully saturated rings. The number of rotatable bonds is 2. The Labute approximate surface area is 165 Å². The van der Waals surface area contributed by atoms with Gasteiger partial charge in [-0.1, -0.05) is 0 Å². The van der Waals surface area contributed by atoms with Crippen LogP contribution >= 0.6 is 0 Å². The summed E-state index contributed by atoms with van der Waals surface area (Å²) < 4.78 is 40.6. The van der Waals surface area contributed by atoms with Crippen LogP contribution in [0.1, 0.15) is 17.7 Å². The van der Waals surface area contributed by atoms with Gasteiger partial charge in [-0.3, -0.25) is 4.79 Å². The van der Waals surface area contributed by atoms with Crippen molar-refractivity contribution in [2.45, 2.75) is 25.4 Å². The van der Waals surface area contributed by atoms with Crippen molar-refractivity contribution in [2.75, 3.05) is 44.2 Å². The molecule has 3 aliphatic heterocycles. The summed E-state index contributed by atoms with van der Waals surface area (Å²) in [5.74, 6) is -0.848. The monoisotopic (exact) mass is 408 g/mol. The number of aromatic nitrogens is 3. The van der Waals surface area contributed by atoms with E-state index in [9.17, 15) is 18.0 Å². The van der Waals surface area contributed by atoms with Gasteiger partial charge >= 0.3 is 6.18 Å². The highest BCUT2D eigenvalue weighted by Gasteiger charge is 2.47. The van der Waals surface area contributed by atoms with Crippen LogP contribution in [0.2, 0.25) is 0 Å². The van der Waals surface area contributed by atoms with Crippen LogP contribution in [0.25, 0.3) is 5.65 Å². The van der Waals surface area contributed by atoms with Gasteiger partial charge in [0.25, 0.3) is 0 Å². The molecule has 0 aliphatic carbocycles. The summed E-state index contributed by atoms with van der Waals surface area (Å²) in [4.78, 5) is 21.0. The number of hydrogen-bond donors (Lipinski definition) is 1. The van der Waals surface area contributed by atoms with Gasteiger partial charge in [-0.15, -0.1) is 0 Å². The van der Waals surface area contributed by atoms with Crippen molar-refractivity contribution in [1.82, 2.24) is 24.8 Å². The van der Waals surface area contributed by atoms with E-state index in [1.165, 1.54) is 4.90 Å². The number of alkyl halides is 3. The van der Waals surface area contributed by atoms with Crippen LogP contribution < -0.4 is 10.2 Å². The molecule has 2 aromatic rings. The van der Waals surface area contributed by atoms with Crippen molar-refractivity contribution in [3.8, 4) is 0 Å². The second kappa shape index (κ2) is 6.86. The lowest BCUT2D eigenvalue weighted by molar-refractivity contribution is -0.171. The summed E-state index contributed by atoms with van der Waals surface area (Å²) in [6.45, 7) is 2.73. The summed E-state index contributed by atoms with van der Waals surface area (Å²) in [5.41, 5.74) is 2.98. The maximum Gasteiger partial charge on any atom is 0.393 e.